The lowest BCUT2D eigenvalue weighted by Gasteiger charge is -2.02. The molecule has 1 amide bonds. The predicted octanol–water partition coefficient (Wildman–Crippen LogP) is 3.21. The van der Waals surface area contributed by atoms with E-state index in [1.54, 1.807) is 30.8 Å². The fourth-order valence-corrected chi connectivity index (χ4v) is 2.93. The van der Waals surface area contributed by atoms with E-state index in [1.165, 1.54) is 7.11 Å². The lowest BCUT2D eigenvalue weighted by atomic mass is 10.2. The average molecular weight is 322 g/mol. The van der Waals surface area contributed by atoms with Crippen molar-refractivity contribution in [3.8, 4) is 0 Å². The van der Waals surface area contributed by atoms with Crippen LogP contribution in [0.5, 0.6) is 0 Å². The lowest BCUT2D eigenvalue weighted by Crippen LogP contribution is -2.11. The van der Waals surface area contributed by atoms with Gasteiger partial charge in [-0.1, -0.05) is 11.3 Å². The second-order valence-electron chi connectivity index (χ2n) is 4.11. The summed E-state index contributed by atoms with van der Waals surface area (Å²) in [5.74, 6) is -0.706. The molecule has 7 heteroatoms. The van der Waals surface area contributed by atoms with Gasteiger partial charge in [0.05, 0.1) is 12.8 Å². The molecule has 1 aromatic carbocycles. The molecule has 0 spiro atoms. The van der Waals surface area contributed by atoms with Crippen molar-refractivity contribution in [3.05, 3.63) is 40.4 Å². The highest BCUT2D eigenvalue weighted by atomic mass is 32.2. The van der Waals surface area contributed by atoms with Gasteiger partial charge >= 0.3 is 5.97 Å². The Balaban J connectivity index is 2.13. The maximum absolute atomic E-state index is 12.1. The summed E-state index contributed by atoms with van der Waals surface area (Å²) in [6.45, 7) is 1.70. The van der Waals surface area contributed by atoms with Gasteiger partial charge in [-0.2, -0.15) is 0 Å². The number of thioether (sulfide) groups is 1. The van der Waals surface area contributed by atoms with E-state index in [4.69, 9.17) is 0 Å². The Morgan fingerprint density at radius 3 is 2.52 bits per heavy atom. The lowest BCUT2D eigenvalue weighted by molar-refractivity contribution is 0.0605. The number of thiazole rings is 1. The third kappa shape index (κ3) is 3.62. The normalized spacial score (nSPS) is 10.2. The number of amides is 1. The molecule has 0 aliphatic heterocycles. The van der Waals surface area contributed by atoms with Crippen molar-refractivity contribution in [1.82, 2.24) is 4.98 Å². The van der Waals surface area contributed by atoms with Crippen LogP contribution in [0.25, 0.3) is 0 Å². The quantitative estimate of drug-likeness (QED) is 0.691. The van der Waals surface area contributed by atoms with Crippen molar-refractivity contribution in [1.29, 1.82) is 0 Å². The minimum absolute atomic E-state index is 0.257. The van der Waals surface area contributed by atoms with Crippen LogP contribution in [0.1, 0.15) is 25.7 Å². The number of anilines is 1. The van der Waals surface area contributed by atoms with Crippen LogP contribution in [0.2, 0.25) is 0 Å². The standard InChI is InChI=1S/C14H14N2O3S2/c1-8-11(13(18)19-2)21-14(15-8)16-12(17)9-4-6-10(20-3)7-5-9/h4-7H,1-3H3,(H,15,16,17). The van der Waals surface area contributed by atoms with Gasteiger partial charge in [0.2, 0.25) is 0 Å². The number of aromatic nitrogens is 1. The molecule has 0 radical (unpaired) electrons. The van der Waals surface area contributed by atoms with E-state index in [0.717, 1.165) is 16.2 Å². The molecule has 2 rings (SSSR count). The Bertz CT molecular complexity index is 665. The first-order valence-corrected chi connectivity index (χ1v) is 8.10. The van der Waals surface area contributed by atoms with Gasteiger partial charge in [0.1, 0.15) is 4.88 Å². The van der Waals surface area contributed by atoms with Crippen LogP contribution in [0.15, 0.2) is 29.2 Å². The number of hydrogen-bond donors (Lipinski definition) is 1. The summed E-state index contributed by atoms with van der Waals surface area (Å²) in [6.07, 6.45) is 1.97. The first-order valence-electron chi connectivity index (χ1n) is 6.06. The Morgan fingerprint density at radius 1 is 1.29 bits per heavy atom. The number of hydrogen-bond acceptors (Lipinski definition) is 6. The number of nitrogens with zero attached hydrogens (tertiary/aromatic N) is 1. The SMILES string of the molecule is COC(=O)c1sc(NC(=O)c2ccc(SC)cc2)nc1C. The van der Waals surface area contributed by atoms with Gasteiger partial charge < -0.3 is 4.74 Å². The van der Waals surface area contributed by atoms with Crippen LogP contribution in [0.4, 0.5) is 5.13 Å². The fourth-order valence-electron chi connectivity index (χ4n) is 1.64. The van der Waals surface area contributed by atoms with Crippen LogP contribution in [-0.2, 0) is 4.74 Å². The van der Waals surface area contributed by atoms with Gasteiger partial charge in [-0.05, 0) is 37.4 Å². The minimum Gasteiger partial charge on any atom is -0.465 e. The highest BCUT2D eigenvalue weighted by Gasteiger charge is 2.17. The second-order valence-corrected chi connectivity index (χ2v) is 5.99. The fraction of sp³-hybridized carbons (Fsp3) is 0.214. The summed E-state index contributed by atoms with van der Waals surface area (Å²) < 4.78 is 4.66. The highest BCUT2D eigenvalue weighted by molar-refractivity contribution is 7.98. The molecule has 0 unspecified atom stereocenters. The van der Waals surface area contributed by atoms with Gasteiger partial charge in [0.15, 0.2) is 5.13 Å². The van der Waals surface area contributed by atoms with Crippen LogP contribution in [0, 0.1) is 6.92 Å². The number of carbonyl (C=O) groups is 2. The van der Waals surface area contributed by atoms with E-state index in [2.05, 4.69) is 15.0 Å². The zero-order chi connectivity index (χ0) is 15.4. The number of methoxy groups -OCH3 is 1. The summed E-state index contributed by atoms with van der Waals surface area (Å²) >= 11 is 2.71. The number of benzene rings is 1. The summed E-state index contributed by atoms with van der Waals surface area (Å²) in [6, 6.07) is 7.27. The van der Waals surface area contributed by atoms with Crippen molar-refractivity contribution in [3.63, 3.8) is 0 Å². The smallest absolute Gasteiger partial charge is 0.350 e. The Labute approximate surface area is 130 Å². The number of nitrogens with one attached hydrogen (secondary N) is 1. The molecule has 0 atom stereocenters. The maximum Gasteiger partial charge on any atom is 0.350 e. The van der Waals surface area contributed by atoms with E-state index in [1.807, 2.05) is 18.4 Å². The Hall–Kier alpha value is -1.86. The molecular weight excluding hydrogens is 308 g/mol. The maximum atomic E-state index is 12.1. The third-order valence-corrected chi connectivity index (χ3v) is 4.54. The first kappa shape index (κ1) is 15.5. The zero-order valence-electron chi connectivity index (χ0n) is 11.8. The van der Waals surface area contributed by atoms with Crippen molar-refractivity contribution in [2.75, 3.05) is 18.7 Å². The third-order valence-electron chi connectivity index (χ3n) is 2.74. The number of carbonyl (C=O) groups excluding carboxylic acids is 2. The van der Waals surface area contributed by atoms with Gasteiger partial charge in [0.25, 0.3) is 5.91 Å². The molecule has 0 bridgehead atoms. The number of aryl methyl sites for hydroxylation is 1. The second kappa shape index (κ2) is 6.73. The molecule has 0 aliphatic rings. The minimum atomic E-state index is -0.449. The molecule has 1 N–H and O–H groups in total. The van der Waals surface area contributed by atoms with Gasteiger partial charge in [-0.15, -0.1) is 11.8 Å². The molecule has 1 aromatic heterocycles. The van der Waals surface area contributed by atoms with E-state index in [0.29, 0.717) is 21.3 Å². The number of ether oxygens (including phenoxy) is 1. The van der Waals surface area contributed by atoms with E-state index < -0.39 is 5.97 Å². The van der Waals surface area contributed by atoms with Crippen molar-refractivity contribution in [2.45, 2.75) is 11.8 Å². The summed E-state index contributed by atoms with van der Waals surface area (Å²) in [5.41, 5.74) is 1.08. The molecule has 0 aliphatic carbocycles. The Kier molecular flexibility index (Phi) is 4.98. The van der Waals surface area contributed by atoms with Crippen molar-refractivity contribution >= 4 is 40.1 Å². The monoisotopic (exact) mass is 322 g/mol. The van der Waals surface area contributed by atoms with E-state index in [-0.39, 0.29) is 5.91 Å². The number of esters is 1. The van der Waals surface area contributed by atoms with Gasteiger partial charge in [-0.3, -0.25) is 10.1 Å². The summed E-state index contributed by atoms with van der Waals surface area (Å²) in [4.78, 5) is 29.3. The van der Waals surface area contributed by atoms with Crippen LogP contribution < -0.4 is 5.32 Å². The van der Waals surface area contributed by atoms with Crippen molar-refractivity contribution in [2.24, 2.45) is 0 Å². The van der Waals surface area contributed by atoms with E-state index >= 15 is 0 Å². The van der Waals surface area contributed by atoms with Gasteiger partial charge in [-0.25, -0.2) is 9.78 Å². The van der Waals surface area contributed by atoms with Crippen molar-refractivity contribution < 1.29 is 14.3 Å². The largest absolute Gasteiger partial charge is 0.465 e. The van der Waals surface area contributed by atoms with Crippen LogP contribution >= 0.6 is 23.1 Å². The Morgan fingerprint density at radius 2 is 1.95 bits per heavy atom. The molecule has 110 valence electrons. The topological polar surface area (TPSA) is 68.3 Å². The zero-order valence-corrected chi connectivity index (χ0v) is 13.4. The van der Waals surface area contributed by atoms with Crippen LogP contribution in [-0.4, -0.2) is 30.2 Å². The summed E-state index contributed by atoms with van der Waals surface area (Å²) in [5, 5.41) is 3.07. The van der Waals surface area contributed by atoms with Crippen LogP contribution in [0.3, 0.4) is 0 Å². The first-order chi connectivity index (χ1) is 10.0. The molecule has 0 saturated heterocycles. The number of rotatable bonds is 4. The predicted molar refractivity (Wildman–Crippen MR) is 84.4 cm³/mol. The molecule has 21 heavy (non-hydrogen) atoms. The molecular formula is C14H14N2O3S2. The summed E-state index contributed by atoms with van der Waals surface area (Å²) in [7, 11) is 1.31. The molecule has 5 nitrogen and oxygen atoms in total. The molecule has 0 fully saturated rings. The molecule has 1 heterocycles. The molecule has 2 aromatic rings. The highest BCUT2D eigenvalue weighted by Crippen LogP contribution is 2.24. The van der Waals surface area contributed by atoms with Gasteiger partial charge in [0, 0.05) is 10.5 Å². The average Bonchev–Trinajstić information content (AvgIpc) is 2.87. The molecule has 0 saturated carbocycles. The van der Waals surface area contributed by atoms with E-state index in [9.17, 15) is 9.59 Å².